The van der Waals surface area contributed by atoms with Gasteiger partial charge in [-0.3, -0.25) is 14.3 Å². The van der Waals surface area contributed by atoms with E-state index in [0.29, 0.717) is 11.0 Å². The summed E-state index contributed by atoms with van der Waals surface area (Å²) in [6.07, 6.45) is -8.84. The minimum absolute atomic E-state index is 0. The molecule has 2 aliphatic rings. The van der Waals surface area contributed by atoms with Crippen molar-refractivity contribution in [3.05, 3.63) is 44.1 Å². The maximum absolute atomic E-state index is 12.3. The smallest absolute Gasteiger partial charge is 1.00 e. The Kier molecular flexibility index (Phi) is 8.71. The van der Waals surface area contributed by atoms with Gasteiger partial charge >= 0.3 is 43.1 Å². The summed E-state index contributed by atoms with van der Waals surface area (Å²) in [6.45, 7) is 3.05. The van der Waals surface area contributed by atoms with Gasteiger partial charge in [-0.2, -0.15) is 4.98 Å². The van der Waals surface area contributed by atoms with Crippen molar-refractivity contribution in [3.63, 3.8) is 0 Å². The molecule has 0 bridgehead atoms. The number of H-pyrrole nitrogens is 1. The van der Waals surface area contributed by atoms with Crippen molar-refractivity contribution in [3.8, 4) is 11.5 Å². The van der Waals surface area contributed by atoms with Crippen LogP contribution in [0.3, 0.4) is 0 Å². The third kappa shape index (κ3) is 6.12. The summed E-state index contributed by atoms with van der Waals surface area (Å²) in [5.41, 5.74) is 0.294. The minimum atomic E-state index is -5.20. The molecule has 2 heterocycles. The molecule has 1 unspecified atom stereocenters. The third-order valence-electron chi connectivity index (χ3n) is 4.88. The Hall–Kier alpha value is -1.55. The number of phosphoric acid groups is 1. The van der Waals surface area contributed by atoms with Gasteiger partial charge in [0.05, 0.1) is 17.6 Å². The van der Waals surface area contributed by atoms with Crippen LogP contribution in [0.15, 0.2) is 21.7 Å². The number of aryl methyl sites for hydroxylation is 2. The van der Waals surface area contributed by atoms with Gasteiger partial charge < -0.3 is 36.2 Å². The van der Waals surface area contributed by atoms with E-state index in [-0.39, 0.29) is 42.5 Å². The van der Waals surface area contributed by atoms with Crippen molar-refractivity contribution < 1.29 is 70.3 Å². The van der Waals surface area contributed by atoms with Gasteiger partial charge in [0.15, 0.2) is 17.8 Å². The predicted molar refractivity (Wildman–Crippen MR) is 109 cm³/mol. The summed E-state index contributed by atoms with van der Waals surface area (Å²) in [5.74, 6) is -0.206. The molecular weight excluding hydrogens is 474 g/mol. The average Bonchev–Trinajstić information content (AvgIpc) is 2.67. The van der Waals surface area contributed by atoms with Gasteiger partial charge in [-0.1, -0.05) is 0 Å². The molecule has 7 N–H and O–H groups in total. The summed E-state index contributed by atoms with van der Waals surface area (Å²) in [4.78, 5) is 51.4. The molecule has 0 amide bonds. The summed E-state index contributed by atoms with van der Waals surface area (Å²) < 4.78 is 16.0. The largest absolute Gasteiger partial charge is 1.00 e. The number of hydrogen-bond acceptors (Lipinski definition) is 10. The molecule has 16 heteroatoms. The van der Waals surface area contributed by atoms with Crippen LogP contribution < -0.4 is 40.8 Å². The van der Waals surface area contributed by atoms with Crippen molar-refractivity contribution in [2.45, 2.75) is 45.0 Å². The van der Waals surface area contributed by atoms with Crippen LogP contribution in [0.4, 0.5) is 0 Å². The van der Waals surface area contributed by atoms with Crippen molar-refractivity contribution in [2.75, 3.05) is 0 Å². The number of aliphatic hydroxyl groups is 4. The van der Waals surface area contributed by atoms with E-state index >= 15 is 0 Å². The number of phosphoric ester groups is 1. The van der Waals surface area contributed by atoms with Crippen LogP contribution in [0.1, 0.15) is 12.6 Å². The maximum Gasteiger partial charge on any atom is 1.00 e. The van der Waals surface area contributed by atoms with E-state index in [0.717, 1.165) is 11.1 Å². The SMILES string of the molecule is Cc1cc2nc3c(=O)[nH]c(=O)nc-3n(C[C@@H](O)[C@@H](O)[C@@H](O)C(O)OP(=O)(O)O)c2cc1C.[H-].[Na+]. The Balaban J connectivity index is 0.00000289. The zero-order valence-electron chi connectivity index (χ0n) is 18.8. The van der Waals surface area contributed by atoms with Crippen molar-refractivity contribution in [2.24, 2.45) is 0 Å². The molecule has 0 spiro atoms. The number of aromatic nitrogens is 4. The first kappa shape index (κ1) is 27.7. The number of nitrogens with one attached hydrogen (secondary N) is 1. The van der Waals surface area contributed by atoms with E-state index in [2.05, 4.69) is 14.5 Å². The van der Waals surface area contributed by atoms with Crippen LogP contribution in [0.5, 0.6) is 0 Å². The second kappa shape index (κ2) is 10.4. The Labute approximate surface area is 208 Å². The van der Waals surface area contributed by atoms with Gasteiger partial charge in [0, 0.05) is 0 Å². The van der Waals surface area contributed by atoms with E-state index in [4.69, 9.17) is 9.79 Å². The molecule has 1 aromatic carbocycles. The molecule has 0 aromatic heterocycles. The van der Waals surface area contributed by atoms with E-state index < -0.39 is 50.2 Å². The fourth-order valence-electron chi connectivity index (χ4n) is 3.13. The summed E-state index contributed by atoms with van der Waals surface area (Å²) >= 11 is 0. The molecule has 0 aliphatic carbocycles. The Morgan fingerprint density at radius 1 is 1.09 bits per heavy atom. The molecule has 3 rings (SSSR count). The number of benzene rings is 1. The van der Waals surface area contributed by atoms with Crippen LogP contribution >= 0.6 is 7.82 Å². The Bertz CT molecular complexity index is 1300. The number of fused-ring (bicyclic) bond motifs is 2. The minimum Gasteiger partial charge on any atom is -1.00 e. The first-order valence-corrected chi connectivity index (χ1v) is 10.7. The summed E-state index contributed by atoms with van der Waals surface area (Å²) in [6, 6.07) is 3.33. The van der Waals surface area contributed by atoms with Gasteiger partial charge in [-0.15, -0.1) is 0 Å². The topological polar surface area (TPSA) is 228 Å². The predicted octanol–water partition coefficient (Wildman–Crippen LogP) is -5.17. The zero-order valence-corrected chi connectivity index (χ0v) is 20.7. The molecule has 4 atom stereocenters. The normalized spacial score (nSPS) is 15.8. The molecule has 0 saturated heterocycles. The number of hydrogen-bond donors (Lipinski definition) is 7. The molecule has 14 nitrogen and oxygen atoms in total. The van der Waals surface area contributed by atoms with Crippen LogP contribution in [-0.2, 0) is 15.6 Å². The molecule has 176 valence electrons. The summed E-state index contributed by atoms with van der Waals surface area (Å²) in [5, 5.41) is 40.2. The number of aliphatic hydroxyl groups excluding tert-OH is 4. The molecule has 33 heavy (non-hydrogen) atoms. The van der Waals surface area contributed by atoms with Crippen LogP contribution in [0.25, 0.3) is 22.6 Å². The maximum atomic E-state index is 12.3. The zero-order chi connectivity index (χ0) is 24.0. The van der Waals surface area contributed by atoms with Crippen molar-refractivity contribution in [1.29, 1.82) is 0 Å². The van der Waals surface area contributed by atoms with Crippen molar-refractivity contribution in [1.82, 2.24) is 19.5 Å². The Morgan fingerprint density at radius 2 is 1.70 bits per heavy atom. The third-order valence-corrected chi connectivity index (χ3v) is 5.37. The average molecular weight is 496 g/mol. The van der Waals surface area contributed by atoms with E-state index in [1.165, 1.54) is 4.57 Å². The molecule has 2 aliphatic heterocycles. The molecule has 1 aromatic rings. The van der Waals surface area contributed by atoms with Gasteiger partial charge in [0.25, 0.3) is 5.56 Å². The Morgan fingerprint density at radius 3 is 2.30 bits per heavy atom. The van der Waals surface area contributed by atoms with Crippen molar-refractivity contribution >= 4 is 18.9 Å². The van der Waals surface area contributed by atoms with E-state index in [1.54, 1.807) is 19.1 Å². The quantitative estimate of drug-likeness (QED) is 0.0705. The number of aromatic amines is 1. The van der Waals surface area contributed by atoms with Crippen LogP contribution in [0.2, 0.25) is 0 Å². The van der Waals surface area contributed by atoms with Crippen LogP contribution in [0, 0.1) is 13.8 Å². The summed E-state index contributed by atoms with van der Waals surface area (Å²) in [7, 11) is -5.20. The molecular formula is C17H22N4NaO10P. The molecule has 0 saturated carbocycles. The first-order chi connectivity index (χ1) is 14.8. The van der Waals surface area contributed by atoms with Gasteiger partial charge in [-0.05, 0) is 37.1 Å². The molecule has 0 radical (unpaired) electrons. The second-order valence-corrected chi connectivity index (χ2v) is 8.42. The number of rotatable bonds is 7. The van der Waals surface area contributed by atoms with E-state index in [9.17, 15) is 34.6 Å². The number of nitrogens with zero attached hydrogens (tertiary/aromatic N) is 3. The fourth-order valence-corrected chi connectivity index (χ4v) is 3.54. The standard InChI is InChI=1S/C17H21N4O10P.Na.H/c1-6-3-8-9(4-7(6)2)21(14-11(18-8)15(25)20-17(27)19-14)5-10(22)12(23)13(24)16(26)31-32(28,29)30;;/h3-4,10,12-13,16,22-24,26H,5H2,1-2H3,(H,20,25,27)(H2,28,29,30);;/q;+1;-1/t10-,12-,13-,16?;;/m1../s1. The first-order valence-electron chi connectivity index (χ1n) is 9.16. The van der Waals surface area contributed by atoms with Crippen LogP contribution in [-0.4, -0.2) is 74.3 Å². The monoisotopic (exact) mass is 496 g/mol. The van der Waals surface area contributed by atoms with E-state index in [1.807, 2.05) is 11.9 Å². The fraction of sp³-hybridized carbons (Fsp3) is 0.412. The van der Waals surface area contributed by atoms with Gasteiger partial charge in [0.1, 0.15) is 18.3 Å². The molecule has 0 fully saturated rings. The second-order valence-electron chi connectivity index (χ2n) is 7.23. The van der Waals surface area contributed by atoms with Gasteiger partial charge in [0.2, 0.25) is 0 Å². The van der Waals surface area contributed by atoms with Gasteiger partial charge in [-0.25, -0.2) is 14.3 Å².